The molecule has 0 N–H and O–H groups in total. The lowest BCUT2D eigenvalue weighted by Crippen LogP contribution is -2.16. The molecule has 78 valence electrons. The van der Waals surface area contributed by atoms with Gasteiger partial charge in [0.2, 0.25) is 11.3 Å². The number of halogens is 3. The summed E-state index contributed by atoms with van der Waals surface area (Å²) in [7, 11) is 1.44. The molecule has 0 aromatic carbocycles. The van der Waals surface area contributed by atoms with Crippen molar-refractivity contribution in [2.24, 2.45) is 7.05 Å². The van der Waals surface area contributed by atoms with Crippen molar-refractivity contribution in [1.82, 2.24) is 9.78 Å². The Morgan fingerprint density at radius 1 is 1.71 bits per heavy atom. The van der Waals surface area contributed by atoms with Crippen LogP contribution in [-0.2, 0) is 7.05 Å². The van der Waals surface area contributed by atoms with E-state index in [9.17, 15) is 13.6 Å². The second-order valence-corrected chi connectivity index (χ2v) is 2.82. The Kier molecular flexibility index (Phi) is 3.40. The van der Waals surface area contributed by atoms with Crippen molar-refractivity contribution in [2.45, 2.75) is 6.43 Å². The Balaban J connectivity index is 2.87. The van der Waals surface area contributed by atoms with E-state index in [4.69, 9.17) is 11.6 Å². The maximum Gasteiger partial charge on any atom is 0.272 e. The number of rotatable bonds is 3. The van der Waals surface area contributed by atoms with Crippen LogP contribution >= 0.6 is 11.6 Å². The quantitative estimate of drug-likeness (QED) is 0.772. The molecule has 4 nitrogen and oxygen atoms in total. The van der Waals surface area contributed by atoms with E-state index >= 15 is 0 Å². The summed E-state index contributed by atoms with van der Waals surface area (Å²) in [6, 6.07) is 1.01. The molecule has 0 aliphatic carbocycles. The number of aromatic nitrogens is 2. The molecule has 0 bridgehead atoms. The molecule has 0 saturated carbocycles. The van der Waals surface area contributed by atoms with Gasteiger partial charge in [-0.15, -0.1) is 0 Å². The average molecular weight is 225 g/mol. The second-order valence-electron chi connectivity index (χ2n) is 2.46. The van der Waals surface area contributed by atoms with Gasteiger partial charge in [0.05, 0.1) is 6.07 Å². The van der Waals surface area contributed by atoms with E-state index < -0.39 is 18.5 Å². The SMILES string of the molecule is Cn1nc(Cl)c(=O)cc1OCC(F)F. The van der Waals surface area contributed by atoms with E-state index in [-0.39, 0.29) is 11.0 Å². The second kappa shape index (κ2) is 4.36. The van der Waals surface area contributed by atoms with Crippen LogP contribution in [0.15, 0.2) is 10.9 Å². The summed E-state index contributed by atoms with van der Waals surface area (Å²) in [4.78, 5) is 11.0. The lowest BCUT2D eigenvalue weighted by atomic mass is 10.5. The van der Waals surface area contributed by atoms with Crippen LogP contribution in [0.5, 0.6) is 5.88 Å². The Hall–Kier alpha value is -1.17. The summed E-state index contributed by atoms with van der Waals surface area (Å²) in [5.74, 6) is -0.0419. The number of nitrogens with zero attached hydrogens (tertiary/aromatic N) is 2. The maximum absolute atomic E-state index is 11.8. The topological polar surface area (TPSA) is 44.1 Å². The third-order valence-electron chi connectivity index (χ3n) is 1.37. The molecular weight excluding hydrogens is 218 g/mol. The average Bonchev–Trinajstić information content (AvgIpc) is 2.09. The predicted octanol–water partition coefficient (Wildman–Crippen LogP) is 1.08. The third-order valence-corrected chi connectivity index (χ3v) is 1.63. The minimum atomic E-state index is -2.60. The molecule has 1 heterocycles. The van der Waals surface area contributed by atoms with Gasteiger partial charge in [0.15, 0.2) is 11.8 Å². The molecule has 7 heteroatoms. The highest BCUT2D eigenvalue weighted by Crippen LogP contribution is 2.08. The summed E-state index contributed by atoms with van der Waals surface area (Å²) >= 11 is 5.40. The Morgan fingerprint density at radius 2 is 2.36 bits per heavy atom. The van der Waals surface area contributed by atoms with E-state index in [1.54, 1.807) is 0 Å². The molecule has 14 heavy (non-hydrogen) atoms. The maximum atomic E-state index is 11.8. The Bertz CT molecular complexity index is 380. The third kappa shape index (κ3) is 2.66. The zero-order valence-electron chi connectivity index (χ0n) is 7.21. The first-order valence-electron chi connectivity index (χ1n) is 3.65. The van der Waals surface area contributed by atoms with Crippen molar-refractivity contribution >= 4 is 11.6 Å². The van der Waals surface area contributed by atoms with Crippen molar-refractivity contribution in [3.05, 3.63) is 21.4 Å². The van der Waals surface area contributed by atoms with Crippen LogP contribution in [0.1, 0.15) is 0 Å². The normalized spacial score (nSPS) is 10.6. The van der Waals surface area contributed by atoms with E-state index in [2.05, 4.69) is 9.84 Å². The fourth-order valence-electron chi connectivity index (χ4n) is 0.779. The monoisotopic (exact) mass is 224 g/mol. The van der Waals surface area contributed by atoms with E-state index in [0.717, 1.165) is 10.7 Å². The first-order valence-corrected chi connectivity index (χ1v) is 4.03. The number of hydrogen-bond acceptors (Lipinski definition) is 3. The van der Waals surface area contributed by atoms with Gasteiger partial charge in [-0.3, -0.25) is 4.79 Å². The highest BCUT2D eigenvalue weighted by Gasteiger charge is 2.08. The molecule has 0 fully saturated rings. The zero-order valence-corrected chi connectivity index (χ0v) is 7.96. The van der Waals surface area contributed by atoms with Crippen molar-refractivity contribution in [3.63, 3.8) is 0 Å². The van der Waals surface area contributed by atoms with Crippen LogP contribution < -0.4 is 10.2 Å². The van der Waals surface area contributed by atoms with Gasteiger partial charge in [-0.05, 0) is 0 Å². The largest absolute Gasteiger partial charge is 0.472 e. The molecule has 0 aliphatic heterocycles. The number of ether oxygens (including phenoxy) is 1. The van der Waals surface area contributed by atoms with Gasteiger partial charge in [0.25, 0.3) is 6.43 Å². The molecule has 0 radical (unpaired) electrons. The standard InChI is InChI=1S/C7H7ClF2N2O2/c1-12-6(14-3-5(9)10)2-4(13)7(8)11-12/h2,5H,3H2,1H3. The van der Waals surface area contributed by atoms with Crippen LogP contribution in [0, 0.1) is 0 Å². The number of aryl methyl sites for hydroxylation is 1. The van der Waals surface area contributed by atoms with Gasteiger partial charge in [0, 0.05) is 7.05 Å². The number of alkyl halides is 2. The Morgan fingerprint density at radius 3 is 2.93 bits per heavy atom. The van der Waals surface area contributed by atoms with Gasteiger partial charge in [-0.25, -0.2) is 13.5 Å². The smallest absolute Gasteiger partial charge is 0.272 e. The Labute approximate surface area is 83.1 Å². The van der Waals surface area contributed by atoms with Crippen molar-refractivity contribution in [1.29, 1.82) is 0 Å². The molecule has 1 aromatic heterocycles. The molecule has 0 amide bonds. The molecule has 0 spiro atoms. The van der Waals surface area contributed by atoms with Gasteiger partial charge in [-0.1, -0.05) is 11.6 Å². The van der Waals surface area contributed by atoms with Crippen molar-refractivity contribution < 1.29 is 13.5 Å². The summed E-state index contributed by atoms with van der Waals surface area (Å²) in [5.41, 5.74) is -0.561. The summed E-state index contributed by atoms with van der Waals surface area (Å²) in [6.07, 6.45) is -2.60. The van der Waals surface area contributed by atoms with E-state index in [1.165, 1.54) is 7.05 Å². The first kappa shape index (κ1) is 10.9. The zero-order chi connectivity index (χ0) is 10.7. The van der Waals surface area contributed by atoms with Crippen LogP contribution in [0.25, 0.3) is 0 Å². The molecule has 0 saturated heterocycles. The van der Waals surface area contributed by atoms with Crippen LogP contribution in [0.3, 0.4) is 0 Å². The molecular formula is C7H7ClF2N2O2. The van der Waals surface area contributed by atoms with Crippen LogP contribution in [0.4, 0.5) is 8.78 Å². The lowest BCUT2D eigenvalue weighted by Gasteiger charge is -2.08. The fraction of sp³-hybridized carbons (Fsp3) is 0.429. The summed E-state index contributed by atoms with van der Waals surface area (Å²) in [6.45, 7) is -0.781. The van der Waals surface area contributed by atoms with Crippen LogP contribution in [-0.4, -0.2) is 22.8 Å². The summed E-state index contributed by atoms with van der Waals surface area (Å²) in [5, 5.41) is 3.33. The highest BCUT2D eigenvalue weighted by atomic mass is 35.5. The van der Waals surface area contributed by atoms with E-state index in [0.29, 0.717) is 0 Å². The van der Waals surface area contributed by atoms with Crippen molar-refractivity contribution in [3.8, 4) is 5.88 Å². The van der Waals surface area contributed by atoms with Gasteiger partial charge in [0.1, 0.15) is 0 Å². The summed E-state index contributed by atoms with van der Waals surface area (Å²) < 4.78 is 29.3. The van der Waals surface area contributed by atoms with Crippen LogP contribution in [0.2, 0.25) is 5.15 Å². The van der Waals surface area contributed by atoms with Gasteiger partial charge >= 0.3 is 0 Å². The minimum Gasteiger partial charge on any atom is -0.472 e. The molecule has 1 aromatic rings. The first-order chi connectivity index (χ1) is 6.50. The molecule has 1 rings (SSSR count). The minimum absolute atomic E-state index is 0.0419. The van der Waals surface area contributed by atoms with Gasteiger partial charge in [-0.2, -0.15) is 5.10 Å². The van der Waals surface area contributed by atoms with Gasteiger partial charge < -0.3 is 4.74 Å². The van der Waals surface area contributed by atoms with E-state index in [1.807, 2.05) is 0 Å². The van der Waals surface area contributed by atoms with Crippen molar-refractivity contribution in [2.75, 3.05) is 6.61 Å². The molecule has 0 atom stereocenters. The lowest BCUT2D eigenvalue weighted by molar-refractivity contribution is 0.0766. The predicted molar refractivity (Wildman–Crippen MR) is 46.0 cm³/mol. The molecule has 0 unspecified atom stereocenters. The number of hydrogen-bond donors (Lipinski definition) is 0. The fourth-order valence-corrected chi connectivity index (χ4v) is 0.947. The molecule has 0 aliphatic rings. The highest BCUT2D eigenvalue weighted by molar-refractivity contribution is 6.29.